The van der Waals surface area contributed by atoms with Crippen LogP contribution in [-0.4, -0.2) is 13.1 Å². The molecule has 0 saturated heterocycles. The maximum absolute atomic E-state index is 11.3. The molecule has 1 aromatic heterocycles. The summed E-state index contributed by atoms with van der Waals surface area (Å²) in [5.41, 5.74) is 7.00. The molecule has 0 atom stereocenters. The Labute approximate surface area is 80.3 Å². The number of hydrogen-bond acceptors (Lipinski definition) is 4. The number of ether oxygens (including phenoxy) is 1. The third kappa shape index (κ3) is 1.21. The Hall–Kier alpha value is -1.97. The van der Waals surface area contributed by atoms with Gasteiger partial charge in [0.1, 0.15) is 11.1 Å². The minimum atomic E-state index is -0.447. The number of esters is 1. The van der Waals surface area contributed by atoms with Gasteiger partial charge in [-0.05, 0) is 18.2 Å². The van der Waals surface area contributed by atoms with Gasteiger partial charge in [-0.1, -0.05) is 0 Å². The molecule has 0 aliphatic heterocycles. The zero-order chi connectivity index (χ0) is 10.1. The molecule has 0 aliphatic carbocycles. The fraction of sp³-hybridized carbons (Fsp3) is 0.100. The lowest BCUT2D eigenvalue weighted by atomic mass is 10.1. The highest BCUT2D eigenvalue weighted by molar-refractivity contribution is 6.03. The first-order chi connectivity index (χ1) is 6.72. The van der Waals surface area contributed by atoms with Crippen molar-refractivity contribution in [3.63, 3.8) is 0 Å². The number of methoxy groups -OCH3 is 1. The quantitative estimate of drug-likeness (QED) is 0.551. The van der Waals surface area contributed by atoms with Gasteiger partial charge in [0.25, 0.3) is 0 Å². The van der Waals surface area contributed by atoms with Gasteiger partial charge in [0.15, 0.2) is 0 Å². The van der Waals surface area contributed by atoms with Crippen molar-refractivity contribution < 1.29 is 13.9 Å². The van der Waals surface area contributed by atoms with E-state index in [1.54, 1.807) is 12.1 Å². The number of fused-ring (bicyclic) bond motifs is 1. The summed E-state index contributed by atoms with van der Waals surface area (Å²) < 4.78 is 9.78. The maximum atomic E-state index is 11.3. The minimum absolute atomic E-state index is 0.354. The van der Waals surface area contributed by atoms with E-state index in [0.29, 0.717) is 16.8 Å². The van der Waals surface area contributed by atoms with Crippen LogP contribution in [0.15, 0.2) is 28.9 Å². The third-order valence-corrected chi connectivity index (χ3v) is 1.98. The molecular weight excluding hydrogens is 182 g/mol. The van der Waals surface area contributed by atoms with Gasteiger partial charge >= 0.3 is 5.97 Å². The zero-order valence-corrected chi connectivity index (χ0v) is 7.61. The van der Waals surface area contributed by atoms with Crippen LogP contribution in [0.25, 0.3) is 11.0 Å². The fourth-order valence-corrected chi connectivity index (χ4v) is 1.37. The van der Waals surface area contributed by atoms with Crippen LogP contribution in [0.3, 0.4) is 0 Å². The second-order valence-electron chi connectivity index (χ2n) is 2.90. The average molecular weight is 191 g/mol. The number of carbonyl (C=O) groups is 1. The Balaban J connectivity index is 2.72. The van der Waals surface area contributed by atoms with Crippen molar-refractivity contribution in [2.45, 2.75) is 0 Å². The molecule has 0 fully saturated rings. The van der Waals surface area contributed by atoms with Crippen LogP contribution >= 0.6 is 0 Å². The number of carbonyl (C=O) groups excluding carboxylic acids is 1. The second-order valence-corrected chi connectivity index (χ2v) is 2.90. The fourth-order valence-electron chi connectivity index (χ4n) is 1.37. The summed E-state index contributed by atoms with van der Waals surface area (Å²) in [5.74, 6) is -0.447. The second kappa shape index (κ2) is 3.06. The van der Waals surface area contributed by atoms with Gasteiger partial charge in [0.05, 0.1) is 13.4 Å². The van der Waals surface area contributed by atoms with Crippen LogP contribution in [0.4, 0.5) is 5.69 Å². The molecule has 72 valence electrons. The Kier molecular flexibility index (Phi) is 1.89. The van der Waals surface area contributed by atoms with Crippen molar-refractivity contribution in [3.8, 4) is 0 Å². The van der Waals surface area contributed by atoms with E-state index < -0.39 is 5.97 Å². The molecule has 2 aromatic rings. The molecule has 1 aromatic carbocycles. The number of nitrogen functional groups attached to an aromatic ring is 1. The van der Waals surface area contributed by atoms with E-state index in [1.807, 2.05) is 0 Å². The highest BCUT2D eigenvalue weighted by Gasteiger charge is 2.13. The molecule has 0 unspecified atom stereocenters. The predicted octanol–water partition coefficient (Wildman–Crippen LogP) is 1.80. The molecule has 0 amide bonds. The molecule has 2 N–H and O–H groups in total. The molecule has 0 radical (unpaired) electrons. The van der Waals surface area contributed by atoms with E-state index in [2.05, 4.69) is 4.74 Å². The van der Waals surface area contributed by atoms with Gasteiger partial charge in [0.2, 0.25) is 0 Å². The number of hydrogen-bond donors (Lipinski definition) is 1. The Morgan fingerprint density at radius 1 is 1.50 bits per heavy atom. The number of anilines is 1. The van der Waals surface area contributed by atoms with Gasteiger partial charge in [0, 0.05) is 11.1 Å². The van der Waals surface area contributed by atoms with E-state index in [9.17, 15) is 4.79 Å². The van der Waals surface area contributed by atoms with Gasteiger partial charge in [-0.15, -0.1) is 0 Å². The van der Waals surface area contributed by atoms with Crippen molar-refractivity contribution in [1.29, 1.82) is 0 Å². The van der Waals surface area contributed by atoms with Gasteiger partial charge in [-0.3, -0.25) is 0 Å². The van der Waals surface area contributed by atoms with Gasteiger partial charge < -0.3 is 14.9 Å². The summed E-state index contributed by atoms with van der Waals surface area (Å²) in [7, 11) is 1.32. The summed E-state index contributed by atoms with van der Waals surface area (Å²) >= 11 is 0. The summed E-state index contributed by atoms with van der Waals surface area (Å²) in [6.45, 7) is 0. The lowest BCUT2D eigenvalue weighted by molar-refractivity contribution is 0.0602. The minimum Gasteiger partial charge on any atom is -0.465 e. The van der Waals surface area contributed by atoms with E-state index >= 15 is 0 Å². The Morgan fingerprint density at radius 2 is 2.29 bits per heavy atom. The van der Waals surface area contributed by atoms with Gasteiger partial charge in [-0.2, -0.15) is 0 Å². The smallest absolute Gasteiger partial charge is 0.341 e. The number of benzene rings is 1. The molecular formula is C10H9NO3. The highest BCUT2D eigenvalue weighted by atomic mass is 16.5. The summed E-state index contributed by atoms with van der Waals surface area (Å²) in [6.07, 6.45) is 1.51. The molecule has 4 heteroatoms. The number of rotatable bonds is 1. The predicted molar refractivity (Wildman–Crippen MR) is 52.0 cm³/mol. The summed E-state index contributed by atoms with van der Waals surface area (Å²) in [4.78, 5) is 11.3. The van der Waals surface area contributed by atoms with E-state index in [-0.39, 0.29) is 0 Å². The van der Waals surface area contributed by atoms with E-state index in [4.69, 9.17) is 10.2 Å². The largest absolute Gasteiger partial charge is 0.465 e. The highest BCUT2D eigenvalue weighted by Crippen LogP contribution is 2.23. The van der Waals surface area contributed by atoms with Crippen LogP contribution in [0.5, 0.6) is 0 Å². The van der Waals surface area contributed by atoms with Crippen molar-refractivity contribution in [2.24, 2.45) is 0 Å². The first-order valence-corrected chi connectivity index (χ1v) is 4.07. The van der Waals surface area contributed by atoms with E-state index in [1.165, 1.54) is 19.4 Å². The number of furan rings is 1. The maximum Gasteiger partial charge on any atom is 0.341 e. The standard InChI is InChI=1S/C10H9NO3/c1-13-10(12)8-5-7(11)4-6-2-3-14-9(6)8/h2-5H,11H2,1H3. The van der Waals surface area contributed by atoms with Crippen molar-refractivity contribution in [1.82, 2.24) is 0 Å². The third-order valence-electron chi connectivity index (χ3n) is 1.98. The molecule has 0 saturated carbocycles. The SMILES string of the molecule is COC(=O)c1cc(N)cc2ccoc12. The van der Waals surface area contributed by atoms with E-state index in [0.717, 1.165) is 5.39 Å². The molecule has 0 spiro atoms. The monoisotopic (exact) mass is 191 g/mol. The molecule has 1 heterocycles. The Morgan fingerprint density at radius 3 is 3.00 bits per heavy atom. The first-order valence-electron chi connectivity index (χ1n) is 4.07. The number of nitrogens with two attached hydrogens (primary N) is 1. The van der Waals surface area contributed by atoms with Crippen LogP contribution in [0.2, 0.25) is 0 Å². The molecule has 0 bridgehead atoms. The summed E-state index contributed by atoms with van der Waals surface area (Å²) in [6, 6.07) is 5.03. The zero-order valence-electron chi connectivity index (χ0n) is 7.61. The Bertz CT molecular complexity index is 487. The van der Waals surface area contributed by atoms with Crippen molar-refractivity contribution in [2.75, 3.05) is 12.8 Å². The van der Waals surface area contributed by atoms with Crippen LogP contribution in [0.1, 0.15) is 10.4 Å². The van der Waals surface area contributed by atoms with Crippen LogP contribution < -0.4 is 5.73 Å². The van der Waals surface area contributed by atoms with Crippen molar-refractivity contribution in [3.05, 3.63) is 30.0 Å². The molecule has 2 rings (SSSR count). The average Bonchev–Trinajstić information content (AvgIpc) is 2.62. The topological polar surface area (TPSA) is 65.5 Å². The van der Waals surface area contributed by atoms with Crippen LogP contribution in [-0.2, 0) is 4.74 Å². The van der Waals surface area contributed by atoms with Crippen LogP contribution in [0, 0.1) is 0 Å². The lowest BCUT2D eigenvalue weighted by Crippen LogP contribution is -2.02. The first kappa shape index (κ1) is 8.62. The lowest BCUT2D eigenvalue weighted by Gasteiger charge is -2.01. The summed E-state index contributed by atoms with van der Waals surface area (Å²) in [5, 5.41) is 0.797. The molecule has 14 heavy (non-hydrogen) atoms. The van der Waals surface area contributed by atoms with Crippen molar-refractivity contribution >= 4 is 22.6 Å². The molecule has 0 aliphatic rings. The molecule has 4 nitrogen and oxygen atoms in total. The van der Waals surface area contributed by atoms with Gasteiger partial charge in [-0.25, -0.2) is 4.79 Å². The normalized spacial score (nSPS) is 10.4.